The number of ether oxygens (including phenoxy) is 2. The average molecular weight is 264 g/mol. The van der Waals surface area contributed by atoms with Crippen LogP contribution < -0.4 is 0 Å². The van der Waals surface area contributed by atoms with Crippen molar-refractivity contribution in [2.75, 3.05) is 13.7 Å². The zero-order valence-electron chi connectivity index (χ0n) is 11.8. The van der Waals surface area contributed by atoms with E-state index >= 15 is 0 Å². The molecule has 0 unspecified atom stereocenters. The maximum Gasteiger partial charge on any atom is 0.305 e. The Morgan fingerprint density at radius 1 is 1.00 bits per heavy atom. The molecule has 1 aromatic carbocycles. The van der Waals surface area contributed by atoms with Crippen molar-refractivity contribution in [2.24, 2.45) is 0 Å². The maximum absolute atomic E-state index is 10.9. The fraction of sp³-hybridized carbons (Fsp3) is 0.562. The summed E-state index contributed by atoms with van der Waals surface area (Å²) in [5, 5.41) is 0. The van der Waals surface area contributed by atoms with Crippen molar-refractivity contribution in [2.45, 2.75) is 45.1 Å². The standard InChI is InChI=1S/C16H24O3/c1-18-16(17)12-8-3-2-4-9-13-19-14-15-10-6-5-7-11-15/h5-7,10-11H,2-4,8-9,12-14H2,1H3. The number of rotatable bonds is 10. The van der Waals surface area contributed by atoms with Gasteiger partial charge in [0.1, 0.15) is 0 Å². The number of carbonyl (C=O) groups excluding carboxylic acids is 1. The van der Waals surface area contributed by atoms with Gasteiger partial charge >= 0.3 is 5.97 Å². The summed E-state index contributed by atoms with van der Waals surface area (Å²) in [5.74, 6) is -0.105. The molecule has 1 rings (SSSR count). The first-order valence-corrected chi connectivity index (χ1v) is 7.01. The first kappa shape index (κ1) is 15.7. The van der Waals surface area contributed by atoms with Gasteiger partial charge in [-0.05, 0) is 18.4 Å². The lowest BCUT2D eigenvalue weighted by atomic mass is 10.1. The van der Waals surface area contributed by atoms with Gasteiger partial charge in [0.25, 0.3) is 0 Å². The molecule has 106 valence electrons. The second-order valence-electron chi connectivity index (χ2n) is 4.63. The third-order valence-electron chi connectivity index (χ3n) is 3.01. The van der Waals surface area contributed by atoms with Gasteiger partial charge in [-0.2, -0.15) is 0 Å². The van der Waals surface area contributed by atoms with E-state index in [1.54, 1.807) is 0 Å². The smallest absolute Gasteiger partial charge is 0.305 e. The summed E-state index contributed by atoms with van der Waals surface area (Å²) in [7, 11) is 1.44. The molecule has 0 bridgehead atoms. The Morgan fingerprint density at radius 2 is 1.68 bits per heavy atom. The highest BCUT2D eigenvalue weighted by molar-refractivity contribution is 5.68. The average Bonchev–Trinajstić information content (AvgIpc) is 2.46. The minimum absolute atomic E-state index is 0.105. The number of benzene rings is 1. The van der Waals surface area contributed by atoms with Crippen LogP contribution in [0.5, 0.6) is 0 Å². The number of carbonyl (C=O) groups is 1. The largest absolute Gasteiger partial charge is 0.469 e. The predicted molar refractivity (Wildman–Crippen MR) is 75.8 cm³/mol. The van der Waals surface area contributed by atoms with Crippen LogP contribution in [0.3, 0.4) is 0 Å². The van der Waals surface area contributed by atoms with Crippen LogP contribution in [0.1, 0.15) is 44.1 Å². The van der Waals surface area contributed by atoms with Gasteiger partial charge in [0.2, 0.25) is 0 Å². The number of methoxy groups -OCH3 is 1. The van der Waals surface area contributed by atoms with E-state index in [4.69, 9.17) is 4.74 Å². The highest BCUT2D eigenvalue weighted by Gasteiger charge is 1.99. The summed E-state index contributed by atoms with van der Waals surface area (Å²) in [5.41, 5.74) is 1.22. The monoisotopic (exact) mass is 264 g/mol. The quantitative estimate of drug-likeness (QED) is 0.477. The van der Waals surface area contributed by atoms with Crippen LogP contribution in [0.15, 0.2) is 30.3 Å². The molecule has 0 saturated carbocycles. The lowest BCUT2D eigenvalue weighted by molar-refractivity contribution is -0.140. The molecule has 0 spiro atoms. The van der Waals surface area contributed by atoms with Crippen LogP contribution >= 0.6 is 0 Å². The van der Waals surface area contributed by atoms with Gasteiger partial charge in [0, 0.05) is 13.0 Å². The molecule has 0 radical (unpaired) electrons. The second-order valence-corrected chi connectivity index (χ2v) is 4.63. The number of unbranched alkanes of at least 4 members (excludes halogenated alkanes) is 4. The van der Waals surface area contributed by atoms with Gasteiger partial charge in [-0.1, -0.05) is 49.6 Å². The molecule has 0 aliphatic carbocycles. The molecule has 19 heavy (non-hydrogen) atoms. The van der Waals surface area contributed by atoms with Crippen molar-refractivity contribution in [3.63, 3.8) is 0 Å². The number of hydrogen-bond donors (Lipinski definition) is 0. The van der Waals surface area contributed by atoms with Crippen molar-refractivity contribution in [3.05, 3.63) is 35.9 Å². The minimum atomic E-state index is -0.105. The van der Waals surface area contributed by atoms with Crippen LogP contribution in [-0.2, 0) is 20.9 Å². The Kier molecular flexibility index (Phi) is 8.73. The number of hydrogen-bond acceptors (Lipinski definition) is 3. The van der Waals surface area contributed by atoms with E-state index in [0.29, 0.717) is 13.0 Å². The van der Waals surface area contributed by atoms with E-state index in [2.05, 4.69) is 16.9 Å². The van der Waals surface area contributed by atoms with Crippen LogP contribution in [-0.4, -0.2) is 19.7 Å². The lowest BCUT2D eigenvalue weighted by Crippen LogP contribution is -1.99. The lowest BCUT2D eigenvalue weighted by Gasteiger charge is -2.04. The maximum atomic E-state index is 10.9. The van der Waals surface area contributed by atoms with Crippen molar-refractivity contribution in [3.8, 4) is 0 Å². The molecule has 0 saturated heterocycles. The Hall–Kier alpha value is -1.35. The summed E-state index contributed by atoms with van der Waals surface area (Å²) >= 11 is 0. The zero-order chi connectivity index (χ0) is 13.8. The molecule has 0 aliphatic rings. The second kappa shape index (κ2) is 10.6. The fourth-order valence-electron chi connectivity index (χ4n) is 1.87. The van der Waals surface area contributed by atoms with Gasteiger partial charge in [-0.25, -0.2) is 0 Å². The van der Waals surface area contributed by atoms with Crippen LogP contribution in [0.2, 0.25) is 0 Å². The van der Waals surface area contributed by atoms with E-state index in [-0.39, 0.29) is 5.97 Å². The number of esters is 1. The molecular formula is C16H24O3. The normalized spacial score (nSPS) is 10.4. The molecule has 0 atom stereocenters. The van der Waals surface area contributed by atoms with Gasteiger partial charge in [-0.15, -0.1) is 0 Å². The highest BCUT2D eigenvalue weighted by Crippen LogP contribution is 2.07. The molecular weight excluding hydrogens is 240 g/mol. The van der Waals surface area contributed by atoms with Crippen LogP contribution in [0.4, 0.5) is 0 Å². The molecule has 0 amide bonds. The van der Waals surface area contributed by atoms with Crippen molar-refractivity contribution < 1.29 is 14.3 Å². The summed E-state index contributed by atoms with van der Waals surface area (Å²) in [4.78, 5) is 10.9. The van der Waals surface area contributed by atoms with E-state index in [9.17, 15) is 4.79 Å². The van der Waals surface area contributed by atoms with Crippen LogP contribution in [0.25, 0.3) is 0 Å². The van der Waals surface area contributed by atoms with Crippen molar-refractivity contribution in [1.29, 1.82) is 0 Å². The van der Waals surface area contributed by atoms with E-state index in [0.717, 1.165) is 38.7 Å². The first-order valence-electron chi connectivity index (χ1n) is 7.01. The van der Waals surface area contributed by atoms with E-state index in [1.807, 2.05) is 18.2 Å². The molecule has 0 fully saturated rings. The van der Waals surface area contributed by atoms with E-state index < -0.39 is 0 Å². The Labute approximate surface area is 115 Å². The molecule has 3 nitrogen and oxygen atoms in total. The molecule has 1 aromatic rings. The molecule has 3 heteroatoms. The molecule has 0 N–H and O–H groups in total. The van der Waals surface area contributed by atoms with Gasteiger partial charge < -0.3 is 9.47 Å². The topological polar surface area (TPSA) is 35.5 Å². The van der Waals surface area contributed by atoms with Crippen LogP contribution in [0, 0.1) is 0 Å². The molecule has 0 aromatic heterocycles. The Balaban J connectivity index is 1.85. The molecule has 0 heterocycles. The summed E-state index contributed by atoms with van der Waals surface area (Å²) < 4.78 is 10.2. The van der Waals surface area contributed by atoms with Crippen molar-refractivity contribution >= 4 is 5.97 Å². The summed E-state index contributed by atoms with van der Waals surface area (Å²) in [6.07, 6.45) is 5.97. The van der Waals surface area contributed by atoms with Gasteiger partial charge in [0.05, 0.1) is 13.7 Å². The Bertz CT molecular complexity index is 335. The fourth-order valence-corrected chi connectivity index (χ4v) is 1.87. The van der Waals surface area contributed by atoms with Gasteiger partial charge in [-0.3, -0.25) is 4.79 Å². The predicted octanol–water partition coefficient (Wildman–Crippen LogP) is 3.72. The zero-order valence-corrected chi connectivity index (χ0v) is 11.8. The third-order valence-corrected chi connectivity index (χ3v) is 3.01. The highest BCUT2D eigenvalue weighted by atomic mass is 16.5. The summed E-state index contributed by atoms with van der Waals surface area (Å²) in [6.45, 7) is 1.51. The Morgan fingerprint density at radius 3 is 2.42 bits per heavy atom. The van der Waals surface area contributed by atoms with Crippen molar-refractivity contribution in [1.82, 2.24) is 0 Å². The summed E-state index contributed by atoms with van der Waals surface area (Å²) in [6, 6.07) is 10.2. The first-order chi connectivity index (χ1) is 9.33. The molecule has 0 aliphatic heterocycles. The van der Waals surface area contributed by atoms with E-state index in [1.165, 1.54) is 12.7 Å². The van der Waals surface area contributed by atoms with Gasteiger partial charge in [0.15, 0.2) is 0 Å². The third kappa shape index (κ3) is 8.38. The SMILES string of the molecule is COC(=O)CCCCCCCOCc1ccccc1. The minimum Gasteiger partial charge on any atom is -0.469 e.